The largest absolute Gasteiger partial charge is 0.396 e. The first-order valence-corrected chi connectivity index (χ1v) is 6.74. The second-order valence-corrected chi connectivity index (χ2v) is 5.52. The van der Waals surface area contributed by atoms with E-state index in [9.17, 15) is 10.2 Å². The van der Waals surface area contributed by atoms with Crippen LogP contribution in [0.2, 0.25) is 5.02 Å². The molecule has 1 aliphatic heterocycles. The van der Waals surface area contributed by atoms with Gasteiger partial charge in [-0.05, 0) is 30.5 Å². The van der Waals surface area contributed by atoms with Crippen molar-refractivity contribution in [2.75, 3.05) is 19.7 Å². The lowest BCUT2D eigenvalue weighted by Crippen LogP contribution is -2.44. The van der Waals surface area contributed by atoms with Crippen LogP contribution < -0.4 is 0 Å². The van der Waals surface area contributed by atoms with Crippen LogP contribution >= 0.6 is 11.6 Å². The first-order valence-electron chi connectivity index (χ1n) is 6.36. The van der Waals surface area contributed by atoms with Gasteiger partial charge in [0.2, 0.25) is 0 Å². The van der Waals surface area contributed by atoms with Gasteiger partial charge in [-0.3, -0.25) is 4.90 Å². The molecular weight excluding hydrogens is 250 g/mol. The Bertz CT molecular complexity index is 411. The molecule has 1 heterocycles. The summed E-state index contributed by atoms with van der Waals surface area (Å²) in [5, 5.41) is 19.7. The van der Waals surface area contributed by atoms with E-state index in [0.717, 1.165) is 36.6 Å². The minimum absolute atomic E-state index is 0.0281. The van der Waals surface area contributed by atoms with Gasteiger partial charge in [0.05, 0.1) is 6.10 Å². The van der Waals surface area contributed by atoms with Gasteiger partial charge in [-0.15, -0.1) is 0 Å². The van der Waals surface area contributed by atoms with Crippen molar-refractivity contribution < 1.29 is 10.2 Å². The fourth-order valence-corrected chi connectivity index (χ4v) is 2.61. The Morgan fingerprint density at radius 3 is 2.89 bits per heavy atom. The van der Waals surface area contributed by atoms with Gasteiger partial charge in [-0.25, -0.2) is 0 Å². The molecule has 1 saturated heterocycles. The quantitative estimate of drug-likeness (QED) is 0.880. The minimum atomic E-state index is -0.368. The van der Waals surface area contributed by atoms with Gasteiger partial charge in [-0.1, -0.05) is 23.7 Å². The summed E-state index contributed by atoms with van der Waals surface area (Å²) in [4.78, 5) is 2.26. The van der Waals surface area contributed by atoms with Gasteiger partial charge in [0.1, 0.15) is 0 Å². The number of hydrogen-bond acceptors (Lipinski definition) is 3. The maximum Gasteiger partial charge on any atom is 0.0614 e. The molecule has 0 amide bonds. The van der Waals surface area contributed by atoms with E-state index in [-0.39, 0.29) is 18.6 Å². The van der Waals surface area contributed by atoms with Gasteiger partial charge in [0.15, 0.2) is 0 Å². The van der Waals surface area contributed by atoms with Crippen molar-refractivity contribution in [1.82, 2.24) is 4.90 Å². The molecule has 2 atom stereocenters. The van der Waals surface area contributed by atoms with E-state index in [1.807, 2.05) is 19.1 Å². The van der Waals surface area contributed by atoms with E-state index in [0.29, 0.717) is 0 Å². The number of likely N-dealkylation sites (tertiary alicyclic amines) is 1. The molecule has 0 unspecified atom stereocenters. The molecular formula is C14H20ClNO2. The standard InChI is InChI=1S/C14H20ClNO2/c1-10-2-3-11(6-13(10)15)7-16-5-4-14(18)12(8-16)9-17/h2-3,6,12,14,17-18H,4-5,7-9H2,1H3/t12-,14-/m1/s1. The third-order valence-electron chi connectivity index (χ3n) is 3.65. The molecule has 4 heteroatoms. The third kappa shape index (κ3) is 3.23. The summed E-state index contributed by atoms with van der Waals surface area (Å²) < 4.78 is 0. The van der Waals surface area contributed by atoms with Crippen molar-refractivity contribution in [1.29, 1.82) is 0 Å². The summed E-state index contributed by atoms with van der Waals surface area (Å²) in [6.07, 6.45) is 0.359. The van der Waals surface area contributed by atoms with Crippen LogP contribution in [0.25, 0.3) is 0 Å². The number of aliphatic hydroxyl groups is 2. The average Bonchev–Trinajstić information content (AvgIpc) is 2.36. The Labute approximate surface area is 113 Å². The molecule has 1 aromatic rings. The molecule has 0 aliphatic carbocycles. The second kappa shape index (κ2) is 6.02. The fourth-order valence-electron chi connectivity index (χ4n) is 2.41. The van der Waals surface area contributed by atoms with Crippen molar-refractivity contribution in [3.8, 4) is 0 Å². The molecule has 100 valence electrons. The van der Waals surface area contributed by atoms with E-state index in [1.165, 1.54) is 5.56 Å². The van der Waals surface area contributed by atoms with Gasteiger partial charge in [0.25, 0.3) is 0 Å². The molecule has 2 rings (SSSR count). The van der Waals surface area contributed by atoms with Crippen LogP contribution in [0.3, 0.4) is 0 Å². The van der Waals surface area contributed by atoms with Crippen LogP contribution in [0.4, 0.5) is 0 Å². The molecule has 2 N–H and O–H groups in total. The number of halogens is 1. The third-order valence-corrected chi connectivity index (χ3v) is 4.06. The molecule has 0 aromatic heterocycles. The zero-order valence-electron chi connectivity index (χ0n) is 10.6. The highest BCUT2D eigenvalue weighted by atomic mass is 35.5. The number of piperidine rings is 1. The normalized spacial score (nSPS) is 25.3. The molecule has 0 radical (unpaired) electrons. The van der Waals surface area contributed by atoms with Crippen LogP contribution in [0.5, 0.6) is 0 Å². The lowest BCUT2D eigenvalue weighted by atomic mass is 9.95. The summed E-state index contributed by atoms with van der Waals surface area (Å²) in [5.41, 5.74) is 2.27. The van der Waals surface area contributed by atoms with Crippen molar-refractivity contribution in [2.45, 2.75) is 26.0 Å². The first-order chi connectivity index (χ1) is 8.60. The Balaban J connectivity index is 1.99. The predicted octanol–water partition coefficient (Wildman–Crippen LogP) is 1.82. The van der Waals surface area contributed by atoms with E-state index in [1.54, 1.807) is 0 Å². The number of aliphatic hydroxyl groups excluding tert-OH is 2. The predicted molar refractivity (Wildman–Crippen MR) is 72.7 cm³/mol. The molecule has 18 heavy (non-hydrogen) atoms. The molecule has 3 nitrogen and oxygen atoms in total. The zero-order valence-corrected chi connectivity index (χ0v) is 11.4. The van der Waals surface area contributed by atoms with Crippen LogP contribution in [0.1, 0.15) is 17.5 Å². The summed E-state index contributed by atoms with van der Waals surface area (Å²) in [6.45, 7) is 4.47. The molecule has 0 spiro atoms. The van der Waals surface area contributed by atoms with Crippen molar-refractivity contribution >= 4 is 11.6 Å². The maximum absolute atomic E-state index is 9.73. The number of rotatable bonds is 3. The lowest BCUT2D eigenvalue weighted by Gasteiger charge is -2.35. The van der Waals surface area contributed by atoms with Crippen LogP contribution in [0, 0.1) is 12.8 Å². The van der Waals surface area contributed by atoms with Gasteiger partial charge >= 0.3 is 0 Å². The Hall–Kier alpha value is -0.610. The number of aryl methyl sites for hydroxylation is 1. The number of nitrogens with zero attached hydrogens (tertiary/aromatic N) is 1. The molecule has 0 bridgehead atoms. The highest BCUT2D eigenvalue weighted by Gasteiger charge is 2.26. The van der Waals surface area contributed by atoms with E-state index < -0.39 is 0 Å². The first kappa shape index (κ1) is 13.8. The summed E-state index contributed by atoms with van der Waals surface area (Å²) in [6, 6.07) is 6.11. The molecule has 1 fully saturated rings. The van der Waals surface area contributed by atoms with Crippen LogP contribution in [0.15, 0.2) is 18.2 Å². The van der Waals surface area contributed by atoms with Gasteiger partial charge < -0.3 is 10.2 Å². The number of benzene rings is 1. The van der Waals surface area contributed by atoms with E-state index in [2.05, 4.69) is 11.0 Å². The Kier molecular flexibility index (Phi) is 4.62. The molecule has 1 aromatic carbocycles. The second-order valence-electron chi connectivity index (χ2n) is 5.12. The average molecular weight is 270 g/mol. The number of hydrogen-bond donors (Lipinski definition) is 2. The van der Waals surface area contributed by atoms with Gasteiger partial charge in [0, 0.05) is 37.2 Å². The van der Waals surface area contributed by atoms with Crippen molar-refractivity contribution in [2.24, 2.45) is 5.92 Å². The lowest BCUT2D eigenvalue weighted by molar-refractivity contribution is -0.00200. The fraction of sp³-hybridized carbons (Fsp3) is 0.571. The monoisotopic (exact) mass is 269 g/mol. The summed E-state index contributed by atoms with van der Waals surface area (Å²) in [5.74, 6) is -0.0281. The minimum Gasteiger partial charge on any atom is -0.396 e. The zero-order chi connectivity index (χ0) is 13.1. The van der Waals surface area contributed by atoms with Crippen LogP contribution in [-0.2, 0) is 6.54 Å². The van der Waals surface area contributed by atoms with E-state index in [4.69, 9.17) is 11.6 Å². The highest BCUT2D eigenvalue weighted by Crippen LogP contribution is 2.21. The topological polar surface area (TPSA) is 43.7 Å². The van der Waals surface area contributed by atoms with Crippen molar-refractivity contribution in [3.05, 3.63) is 34.3 Å². The SMILES string of the molecule is Cc1ccc(CN2CC[C@@H](O)[C@@H](CO)C2)cc1Cl. The molecule has 1 aliphatic rings. The smallest absolute Gasteiger partial charge is 0.0614 e. The van der Waals surface area contributed by atoms with Gasteiger partial charge in [-0.2, -0.15) is 0 Å². The Morgan fingerprint density at radius 2 is 2.22 bits per heavy atom. The van der Waals surface area contributed by atoms with Crippen molar-refractivity contribution in [3.63, 3.8) is 0 Å². The summed E-state index contributed by atoms with van der Waals surface area (Å²) in [7, 11) is 0. The maximum atomic E-state index is 9.73. The summed E-state index contributed by atoms with van der Waals surface area (Å²) >= 11 is 6.11. The highest BCUT2D eigenvalue weighted by molar-refractivity contribution is 6.31. The molecule has 0 saturated carbocycles. The Morgan fingerprint density at radius 1 is 1.44 bits per heavy atom. The van der Waals surface area contributed by atoms with Crippen LogP contribution in [-0.4, -0.2) is 40.9 Å². The van der Waals surface area contributed by atoms with E-state index >= 15 is 0 Å².